The Morgan fingerprint density at radius 2 is 1.92 bits per heavy atom. The molecule has 8 nitrogen and oxygen atoms in total. The Morgan fingerprint density at radius 1 is 1.27 bits per heavy atom. The highest BCUT2D eigenvalue weighted by Crippen LogP contribution is 2.24. The molecular formula is C17H24BrN5O3. The van der Waals surface area contributed by atoms with Crippen molar-refractivity contribution in [3.05, 3.63) is 27.8 Å². The number of ether oxygens (including phenoxy) is 1. The molecule has 0 bridgehead atoms. The van der Waals surface area contributed by atoms with Crippen LogP contribution in [0.4, 0.5) is 5.69 Å². The van der Waals surface area contributed by atoms with Gasteiger partial charge in [0.15, 0.2) is 5.69 Å². The molecule has 2 aromatic heterocycles. The van der Waals surface area contributed by atoms with Crippen LogP contribution in [0.3, 0.4) is 0 Å². The van der Waals surface area contributed by atoms with Gasteiger partial charge in [-0.3, -0.25) is 14.2 Å². The Bertz CT molecular complexity index is 825. The van der Waals surface area contributed by atoms with Gasteiger partial charge in [0.2, 0.25) is 5.91 Å². The van der Waals surface area contributed by atoms with E-state index in [0.717, 1.165) is 15.9 Å². The van der Waals surface area contributed by atoms with Crippen molar-refractivity contribution in [2.75, 3.05) is 5.32 Å². The van der Waals surface area contributed by atoms with Gasteiger partial charge in [-0.05, 0) is 57.5 Å². The molecule has 0 aliphatic heterocycles. The summed E-state index contributed by atoms with van der Waals surface area (Å²) in [5.41, 5.74) is 2.08. The van der Waals surface area contributed by atoms with E-state index in [0.29, 0.717) is 12.2 Å². The van der Waals surface area contributed by atoms with Crippen LogP contribution in [0.25, 0.3) is 0 Å². The number of esters is 1. The number of halogens is 1. The lowest BCUT2D eigenvalue weighted by atomic mass is 10.2. The molecule has 0 fully saturated rings. The summed E-state index contributed by atoms with van der Waals surface area (Å²) < 4.78 is 9.31. The molecule has 1 atom stereocenters. The van der Waals surface area contributed by atoms with Gasteiger partial charge in [0, 0.05) is 12.7 Å². The van der Waals surface area contributed by atoms with E-state index in [2.05, 4.69) is 31.4 Å². The van der Waals surface area contributed by atoms with E-state index in [1.165, 1.54) is 0 Å². The number of anilines is 1. The van der Waals surface area contributed by atoms with Gasteiger partial charge in [-0.1, -0.05) is 0 Å². The number of rotatable bonds is 6. The maximum atomic E-state index is 12.7. The second-order valence-electron chi connectivity index (χ2n) is 6.30. The molecule has 0 radical (unpaired) electrons. The fraction of sp³-hybridized carbons (Fsp3) is 0.529. The molecule has 0 spiro atoms. The van der Waals surface area contributed by atoms with Gasteiger partial charge in [-0.25, -0.2) is 4.79 Å². The summed E-state index contributed by atoms with van der Waals surface area (Å²) in [6.45, 7) is 11.5. The molecule has 1 N–H and O–H groups in total. The maximum absolute atomic E-state index is 12.7. The largest absolute Gasteiger partial charge is 0.458 e. The highest BCUT2D eigenvalue weighted by molar-refractivity contribution is 9.10. The first-order valence-corrected chi connectivity index (χ1v) is 9.25. The molecule has 1 amide bonds. The third kappa shape index (κ3) is 4.14. The number of amides is 1. The van der Waals surface area contributed by atoms with Crippen molar-refractivity contribution in [3.8, 4) is 0 Å². The van der Waals surface area contributed by atoms with Crippen LogP contribution in [-0.2, 0) is 16.1 Å². The summed E-state index contributed by atoms with van der Waals surface area (Å²) in [4.78, 5) is 25.0. The number of hydrogen-bond acceptors (Lipinski definition) is 5. The lowest BCUT2D eigenvalue weighted by molar-refractivity contribution is -0.119. The summed E-state index contributed by atoms with van der Waals surface area (Å²) in [5.74, 6) is -0.860. The van der Waals surface area contributed by atoms with Crippen LogP contribution in [0.5, 0.6) is 0 Å². The number of carbonyl (C=O) groups is 2. The van der Waals surface area contributed by atoms with E-state index in [-0.39, 0.29) is 17.7 Å². The maximum Gasteiger partial charge on any atom is 0.361 e. The molecule has 1 unspecified atom stereocenters. The van der Waals surface area contributed by atoms with Gasteiger partial charge < -0.3 is 10.1 Å². The van der Waals surface area contributed by atoms with Crippen LogP contribution in [0.2, 0.25) is 0 Å². The van der Waals surface area contributed by atoms with E-state index >= 15 is 0 Å². The van der Waals surface area contributed by atoms with E-state index in [4.69, 9.17) is 4.74 Å². The highest BCUT2D eigenvalue weighted by atomic mass is 79.9. The molecule has 2 aromatic rings. The first-order valence-electron chi connectivity index (χ1n) is 8.46. The van der Waals surface area contributed by atoms with Gasteiger partial charge in [0.25, 0.3) is 0 Å². The minimum atomic E-state index is -0.566. The average Bonchev–Trinajstić information content (AvgIpc) is 3.10. The predicted octanol–water partition coefficient (Wildman–Crippen LogP) is 3.24. The van der Waals surface area contributed by atoms with Crippen LogP contribution in [0.15, 0.2) is 10.7 Å². The molecule has 0 saturated heterocycles. The molecule has 0 aliphatic carbocycles. The summed E-state index contributed by atoms with van der Waals surface area (Å²) in [6, 6.07) is -0.557. The Morgan fingerprint density at radius 3 is 2.42 bits per heavy atom. The minimum Gasteiger partial charge on any atom is -0.458 e. The minimum absolute atomic E-state index is 0.0932. The Balaban J connectivity index is 2.26. The van der Waals surface area contributed by atoms with Crippen molar-refractivity contribution in [2.24, 2.45) is 0 Å². The third-order valence-corrected chi connectivity index (χ3v) is 5.01. The van der Waals surface area contributed by atoms with Crippen molar-refractivity contribution in [2.45, 2.75) is 60.2 Å². The molecule has 0 aromatic carbocycles. The summed E-state index contributed by atoms with van der Waals surface area (Å²) in [6.07, 6.45) is 1.35. The van der Waals surface area contributed by atoms with Crippen molar-refractivity contribution < 1.29 is 14.3 Å². The van der Waals surface area contributed by atoms with Gasteiger partial charge >= 0.3 is 5.97 Å². The average molecular weight is 426 g/mol. The topological polar surface area (TPSA) is 91.0 Å². The van der Waals surface area contributed by atoms with Crippen LogP contribution < -0.4 is 5.32 Å². The first-order chi connectivity index (χ1) is 12.1. The summed E-state index contributed by atoms with van der Waals surface area (Å²) >= 11 is 3.46. The van der Waals surface area contributed by atoms with Crippen molar-refractivity contribution in [1.29, 1.82) is 0 Å². The van der Waals surface area contributed by atoms with E-state index in [1.807, 2.05) is 20.8 Å². The smallest absolute Gasteiger partial charge is 0.361 e. The van der Waals surface area contributed by atoms with Crippen molar-refractivity contribution in [3.63, 3.8) is 0 Å². The number of aromatic nitrogens is 4. The van der Waals surface area contributed by atoms with E-state index in [9.17, 15) is 9.59 Å². The fourth-order valence-electron chi connectivity index (χ4n) is 2.46. The molecule has 9 heteroatoms. The van der Waals surface area contributed by atoms with Gasteiger partial charge in [-0.15, -0.1) is 0 Å². The lowest BCUT2D eigenvalue weighted by Gasteiger charge is -2.14. The number of carbonyl (C=O) groups excluding carboxylic acids is 2. The molecule has 26 heavy (non-hydrogen) atoms. The highest BCUT2D eigenvalue weighted by Gasteiger charge is 2.25. The van der Waals surface area contributed by atoms with E-state index in [1.54, 1.807) is 36.3 Å². The normalized spacial score (nSPS) is 12.3. The van der Waals surface area contributed by atoms with Crippen molar-refractivity contribution >= 4 is 33.5 Å². The van der Waals surface area contributed by atoms with Crippen LogP contribution in [-0.4, -0.2) is 37.5 Å². The molecular weight excluding hydrogens is 402 g/mol. The zero-order valence-electron chi connectivity index (χ0n) is 15.8. The third-order valence-electron chi connectivity index (χ3n) is 3.86. The number of hydrogen-bond donors (Lipinski definition) is 1. The molecule has 142 valence electrons. The summed E-state index contributed by atoms with van der Waals surface area (Å²) in [7, 11) is 0. The fourth-order valence-corrected chi connectivity index (χ4v) is 2.72. The zero-order chi connectivity index (χ0) is 19.6. The van der Waals surface area contributed by atoms with Gasteiger partial charge in [0.1, 0.15) is 6.04 Å². The first kappa shape index (κ1) is 20.2. The lowest BCUT2D eigenvalue weighted by Crippen LogP contribution is -2.26. The predicted molar refractivity (Wildman–Crippen MR) is 101 cm³/mol. The Kier molecular flexibility index (Phi) is 6.22. The molecule has 0 aliphatic rings. The van der Waals surface area contributed by atoms with Crippen LogP contribution in [0.1, 0.15) is 55.6 Å². The standard InChI is InChI=1S/C17H24BrN5O3/c1-7-22-8-13(15(21-22)17(25)26-9(2)3)19-16(24)12(6)23-11(5)14(18)10(4)20-23/h8-9,12H,7H2,1-6H3,(H,19,24). The Labute approximate surface area is 161 Å². The number of aryl methyl sites for hydroxylation is 2. The second-order valence-corrected chi connectivity index (χ2v) is 7.09. The molecule has 0 saturated carbocycles. The molecule has 2 rings (SSSR count). The van der Waals surface area contributed by atoms with Crippen LogP contribution >= 0.6 is 15.9 Å². The monoisotopic (exact) mass is 425 g/mol. The summed E-state index contributed by atoms with van der Waals surface area (Å²) in [5, 5.41) is 11.4. The molecule has 2 heterocycles. The van der Waals surface area contributed by atoms with Gasteiger partial charge in [0.05, 0.1) is 27.7 Å². The SMILES string of the molecule is CCn1cc(NC(=O)C(C)n2nc(C)c(Br)c2C)c(C(=O)OC(C)C)n1. The van der Waals surface area contributed by atoms with Gasteiger partial charge in [-0.2, -0.15) is 10.2 Å². The van der Waals surface area contributed by atoms with E-state index < -0.39 is 12.0 Å². The Hall–Kier alpha value is -2.16. The van der Waals surface area contributed by atoms with Crippen molar-refractivity contribution in [1.82, 2.24) is 19.6 Å². The number of nitrogens with one attached hydrogen (secondary N) is 1. The van der Waals surface area contributed by atoms with Crippen LogP contribution in [0, 0.1) is 13.8 Å². The number of nitrogens with zero attached hydrogens (tertiary/aromatic N) is 4. The quantitative estimate of drug-likeness (QED) is 0.717. The second kappa shape index (κ2) is 8.03. The zero-order valence-corrected chi connectivity index (χ0v) is 17.4.